The molecule has 0 amide bonds. The topological polar surface area (TPSA) is 41.3 Å². The maximum absolute atomic E-state index is 5.79. The molecule has 0 radical (unpaired) electrons. The summed E-state index contributed by atoms with van der Waals surface area (Å²) in [5.74, 6) is 0.821. The van der Waals surface area contributed by atoms with Crippen LogP contribution in [0.5, 0.6) is 0 Å². The van der Waals surface area contributed by atoms with Crippen molar-refractivity contribution in [3.8, 4) is 0 Å². The molecule has 0 fully saturated rings. The first kappa shape index (κ1) is 8.14. The molecule has 0 saturated heterocycles. The molecule has 3 N–H and O–H groups in total. The molecule has 0 aromatic carbocycles. The molecule has 0 saturated carbocycles. The summed E-state index contributed by atoms with van der Waals surface area (Å²) in [4.78, 5) is 0. The molecule has 1 aliphatic heterocycles. The van der Waals surface area contributed by atoms with Crippen LogP contribution in [0.15, 0.2) is 24.0 Å². The van der Waals surface area contributed by atoms with Crippen molar-refractivity contribution in [2.24, 2.45) is 5.73 Å². The maximum atomic E-state index is 5.79. The third-order valence-electron chi connectivity index (χ3n) is 1.77. The average molecular weight is 153 g/mol. The van der Waals surface area contributed by atoms with Gasteiger partial charge in [0.2, 0.25) is 0 Å². The van der Waals surface area contributed by atoms with Crippen LogP contribution >= 0.6 is 0 Å². The molecular formula is C8H15N3. The standard InChI is InChI=1S/C8H15N3/c1-3-5-11-8(9)7(4-2)6-10-11/h4,10H,2-3,5-6,9H2,1H3. The van der Waals surface area contributed by atoms with Gasteiger partial charge in [0.1, 0.15) is 5.82 Å². The molecule has 0 bridgehead atoms. The lowest BCUT2D eigenvalue weighted by atomic mass is 10.3. The average Bonchev–Trinajstić information content (AvgIpc) is 2.34. The minimum Gasteiger partial charge on any atom is -0.384 e. The van der Waals surface area contributed by atoms with Crippen molar-refractivity contribution in [1.82, 2.24) is 10.4 Å². The Morgan fingerprint density at radius 1 is 1.82 bits per heavy atom. The molecule has 11 heavy (non-hydrogen) atoms. The van der Waals surface area contributed by atoms with E-state index in [0.717, 1.165) is 30.9 Å². The Morgan fingerprint density at radius 3 is 3.00 bits per heavy atom. The van der Waals surface area contributed by atoms with E-state index in [-0.39, 0.29) is 0 Å². The van der Waals surface area contributed by atoms with Crippen molar-refractivity contribution in [2.75, 3.05) is 13.1 Å². The SMILES string of the molecule is C=CC1=C(N)N(CCC)NC1. The van der Waals surface area contributed by atoms with E-state index < -0.39 is 0 Å². The molecule has 0 aromatic rings. The first-order valence-corrected chi connectivity index (χ1v) is 3.91. The fraction of sp³-hybridized carbons (Fsp3) is 0.500. The van der Waals surface area contributed by atoms with E-state index in [0.29, 0.717) is 0 Å². The Kier molecular flexibility index (Phi) is 2.54. The number of hydrogen-bond donors (Lipinski definition) is 2. The van der Waals surface area contributed by atoms with Crippen LogP contribution in [0.1, 0.15) is 13.3 Å². The normalized spacial score (nSPS) is 17.7. The zero-order chi connectivity index (χ0) is 8.27. The molecule has 62 valence electrons. The second-order valence-corrected chi connectivity index (χ2v) is 2.60. The zero-order valence-electron chi connectivity index (χ0n) is 6.93. The Hall–Kier alpha value is -0.960. The van der Waals surface area contributed by atoms with Crippen molar-refractivity contribution in [3.05, 3.63) is 24.0 Å². The predicted octanol–water partition coefficient (Wildman–Crippen LogP) is 0.573. The summed E-state index contributed by atoms with van der Waals surface area (Å²) in [6, 6.07) is 0. The lowest BCUT2D eigenvalue weighted by molar-refractivity contribution is 0.279. The molecule has 0 unspecified atom stereocenters. The first-order valence-electron chi connectivity index (χ1n) is 3.91. The van der Waals surface area contributed by atoms with Crippen LogP contribution in [-0.4, -0.2) is 18.1 Å². The highest BCUT2D eigenvalue weighted by atomic mass is 15.5. The summed E-state index contributed by atoms with van der Waals surface area (Å²) in [6.07, 6.45) is 2.90. The van der Waals surface area contributed by atoms with Crippen molar-refractivity contribution in [3.63, 3.8) is 0 Å². The monoisotopic (exact) mass is 153 g/mol. The van der Waals surface area contributed by atoms with Crippen LogP contribution in [0.4, 0.5) is 0 Å². The van der Waals surface area contributed by atoms with Gasteiger partial charge in [-0.3, -0.25) is 5.01 Å². The molecular weight excluding hydrogens is 138 g/mol. The summed E-state index contributed by atoms with van der Waals surface area (Å²) < 4.78 is 0. The van der Waals surface area contributed by atoms with E-state index in [1.807, 2.05) is 5.01 Å². The van der Waals surface area contributed by atoms with Gasteiger partial charge in [0.25, 0.3) is 0 Å². The van der Waals surface area contributed by atoms with Crippen LogP contribution in [-0.2, 0) is 0 Å². The summed E-state index contributed by atoms with van der Waals surface area (Å²) >= 11 is 0. The van der Waals surface area contributed by atoms with Crippen molar-refractivity contribution in [2.45, 2.75) is 13.3 Å². The van der Waals surface area contributed by atoms with Crippen molar-refractivity contribution in [1.29, 1.82) is 0 Å². The van der Waals surface area contributed by atoms with Gasteiger partial charge >= 0.3 is 0 Å². The summed E-state index contributed by atoms with van der Waals surface area (Å²) in [7, 11) is 0. The fourth-order valence-corrected chi connectivity index (χ4v) is 1.13. The smallest absolute Gasteiger partial charge is 0.118 e. The Balaban J connectivity index is 2.61. The Morgan fingerprint density at radius 2 is 2.55 bits per heavy atom. The number of nitrogens with two attached hydrogens (primary N) is 1. The minimum atomic E-state index is 0.815. The van der Waals surface area contributed by atoms with Gasteiger partial charge in [0, 0.05) is 18.7 Å². The highest BCUT2D eigenvalue weighted by Crippen LogP contribution is 2.10. The van der Waals surface area contributed by atoms with E-state index >= 15 is 0 Å². The van der Waals surface area contributed by atoms with Gasteiger partial charge in [-0.1, -0.05) is 19.6 Å². The van der Waals surface area contributed by atoms with E-state index in [9.17, 15) is 0 Å². The molecule has 3 nitrogen and oxygen atoms in total. The van der Waals surface area contributed by atoms with Gasteiger partial charge in [0.15, 0.2) is 0 Å². The maximum Gasteiger partial charge on any atom is 0.118 e. The molecule has 3 heteroatoms. The molecule has 0 atom stereocenters. The highest BCUT2D eigenvalue weighted by molar-refractivity contribution is 5.25. The summed E-state index contributed by atoms with van der Waals surface area (Å²) in [5, 5.41) is 1.97. The van der Waals surface area contributed by atoms with Crippen molar-refractivity contribution < 1.29 is 0 Å². The first-order chi connectivity index (χ1) is 5.29. The fourth-order valence-electron chi connectivity index (χ4n) is 1.13. The van der Waals surface area contributed by atoms with Gasteiger partial charge < -0.3 is 5.73 Å². The molecule has 1 rings (SSSR count). The lowest BCUT2D eigenvalue weighted by Crippen LogP contribution is -2.35. The lowest BCUT2D eigenvalue weighted by Gasteiger charge is -2.17. The number of rotatable bonds is 3. The molecule has 1 aliphatic rings. The van der Waals surface area contributed by atoms with Crippen LogP contribution in [0.3, 0.4) is 0 Å². The second-order valence-electron chi connectivity index (χ2n) is 2.60. The summed E-state index contributed by atoms with van der Waals surface area (Å²) in [5.41, 5.74) is 10.1. The van der Waals surface area contributed by atoms with E-state index in [1.165, 1.54) is 0 Å². The zero-order valence-corrected chi connectivity index (χ0v) is 6.93. The number of nitrogens with one attached hydrogen (secondary N) is 1. The third-order valence-corrected chi connectivity index (χ3v) is 1.77. The van der Waals surface area contributed by atoms with Gasteiger partial charge in [0.05, 0.1) is 0 Å². The summed E-state index contributed by atoms with van der Waals surface area (Å²) in [6.45, 7) is 7.59. The van der Waals surface area contributed by atoms with Crippen LogP contribution in [0, 0.1) is 0 Å². The Bertz CT molecular complexity index is 184. The quantitative estimate of drug-likeness (QED) is 0.623. The third kappa shape index (κ3) is 1.54. The van der Waals surface area contributed by atoms with Gasteiger partial charge in [-0.2, -0.15) is 0 Å². The van der Waals surface area contributed by atoms with Gasteiger partial charge in [-0.15, -0.1) is 0 Å². The van der Waals surface area contributed by atoms with E-state index in [1.54, 1.807) is 6.08 Å². The van der Waals surface area contributed by atoms with Gasteiger partial charge in [-0.05, 0) is 6.42 Å². The number of hydrogen-bond acceptors (Lipinski definition) is 3. The van der Waals surface area contributed by atoms with E-state index in [4.69, 9.17) is 5.73 Å². The second kappa shape index (κ2) is 3.44. The van der Waals surface area contributed by atoms with Crippen LogP contribution in [0.2, 0.25) is 0 Å². The molecule has 0 spiro atoms. The van der Waals surface area contributed by atoms with Crippen molar-refractivity contribution >= 4 is 0 Å². The predicted molar refractivity (Wildman–Crippen MR) is 46.4 cm³/mol. The molecule has 1 heterocycles. The van der Waals surface area contributed by atoms with Gasteiger partial charge in [-0.25, -0.2) is 5.43 Å². The number of nitrogens with zero attached hydrogens (tertiary/aromatic N) is 1. The number of hydrazine groups is 1. The Labute approximate surface area is 67.5 Å². The minimum absolute atomic E-state index is 0.815. The van der Waals surface area contributed by atoms with Crippen LogP contribution in [0.25, 0.3) is 0 Å². The highest BCUT2D eigenvalue weighted by Gasteiger charge is 2.15. The van der Waals surface area contributed by atoms with Crippen LogP contribution < -0.4 is 11.2 Å². The van der Waals surface area contributed by atoms with E-state index in [2.05, 4.69) is 18.9 Å². The largest absolute Gasteiger partial charge is 0.384 e. The molecule has 0 aliphatic carbocycles. The molecule has 0 aromatic heterocycles.